The molecule has 0 radical (unpaired) electrons. The van der Waals surface area contributed by atoms with Gasteiger partial charge in [0, 0.05) is 19.1 Å². The Morgan fingerprint density at radius 3 is 3.10 bits per heavy atom. The molecule has 1 saturated heterocycles. The lowest BCUT2D eigenvalue weighted by molar-refractivity contribution is 0.226. The molecule has 0 spiro atoms. The van der Waals surface area contributed by atoms with Gasteiger partial charge in [0.25, 0.3) is 0 Å². The highest BCUT2D eigenvalue weighted by Crippen LogP contribution is 2.22. The fourth-order valence-electron chi connectivity index (χ4n) is 2.84. The molecule has 0 amide bonds. The molecule has 0 aromatic carbocycles. The lowest BCUT2D eigenvalue weighted by Crippen LogP contribution is -2.42. The maximum Gasteiger partial charge on any atom is 0.226 e. The Hall–Kier alpha value is -1.89. The van der Waals surface area contributed by atoms with Crippen molar-refractivity contribution in [1.29, 1.82) is 0 Å². The van der Waals surface area contributed by atoms with Crippen LogP contribution in [0.3, 0.4) is 0 Å². The number of aromatic nitrogens is 4. The predicted octanol–water partition coefficient (Wildman–Crippen LogP) is 1.68. The van der Waals surface area contributed by atoms with Crippen molar-refractivity contribution < 1.29 is 0 Å². The quantitative estimate of drug-likeness (QED) is 0.777. The van der Waals surface area contributed by atoms with E-state index in [2.05, 4.69) is 42.6 Å². The van der Waals surface area contributed by atoms with E-state index in [4.69, 9.17) is 0 Å². The van der Waals surface area contributed by atoms with E-state index in [1.54, 1.807) is 6.20 Å². The van der Waals surface area contributed by atoms with Gasteiger partial charge in [-0.05, 0) is 32.9 Å². The Balaban J connectivity index is 1.83. The van der Waals surface area contributed by atoms with Gasteiger partial charge in [-0.2, -0.15) is 15.1 Å². The molecule has 1 aliphatic heterocycles. The minimum atomic E-state index is 0.432. The van der Waals surface area contributed by atoms with Gasteiger partial charge < -0.3 is 15.5 Å². The van der Waals surface area contributed by atoms with Crippen molar-refractivity contribution in [3.8, 4) is 0 Å². The molecule has 1 atom stereocenters. The van der Waals surface area contributed by atoms with E-state index in [1.165, 1.54) is 19.4 Å². The number of hydrogen-bond donors (Lipinski definition) is 3. The van der Waals surface area contributed by atoms with Crippen LogP contribution in [-0.4, -0.2) is 57.3 Å². The van der Waals surface area contributed by atoms with Crippen LogP contribution >= 0.6 is 0 Å². The van der Waals surface area contributed by atoms with Crippen molar-refractivity contribution in [2.45, 2.75) is 32.7 Å². The third-order valence-electron chi connectivity index (χ3n) is 3.94. The zero-order chi connectivity index (χ0) is 14.7. The first-order valence-electron chi connectivity index (χ1n) is 7.74. The van der Waals surface area contributed by atoms with Crippen molar-refractivity contribution in [3.05, 3.63) is 6.20 Å². The molecule has 1 fully saturated rings. The van der Waals surface area contributed by atoms with Gasteiger partial charge in [-0.15, -0.1) is 0 Å². The van der Waals surface area contributed by atoms with Crippen LogP contribution in [-0.2, 0) is 0 Å². The topological polar surface area (TPSA) is 81.8 Å². The summed E-state index contributed by atoms with van der Waals surface area (Å²) in [7, 11) is 0. The van der Waals surface area contributed by atoms with Gasteiger partial charge in [0.15, 0.2) is 5.65 Å². The van der Waals surface area contributed by atoms with Gasteiger partial charge >= 0.3 is 0 Å². The van der Waals surface area contributed by atoms with Crippen LogP contribution in [0.25, 0.3) is 11.0 Å². The Morgan fingerprint density at radius 1 is 1.38 bits per heavy atom. The van der Waals surface area contributed by atoms with Gasteiger partial charge in [-0.25, -0.2) is 0 Å². The summed E-state index contributed by atoms with van der Waals surface area (Å²) in [6, 6.07) is 0.432. The maximum absolute atomic E-state index is 4.60. The van der Waals surface area contributed by atoms with Crippen molar-refractivity contribution in [2.24, 2.45) is 0 Å². The molecule has 3 rings (SSSR count). The van der Waals surface area contributed by atoms with E-state index in [9.17, 15) is 0 Å². The van der Waals surface area contributed by atoms with E-state index in [1.807, 2.05) is 6.92 Å². The lowest BCUT2D eigenvalue weighted by atomic mass is 10.1. The molecule has 7 nitrogen and oxygen atoms in total. The van der Waals surface area contributed by atoms with E-state index in [0.717, 1.165) is 36.5 Å². The second-order valence-corrected chi connectivity index (χ2v) is 5.44. The summed E-state index contributed by atoms with van der Waals surface area (Å²) < 4.78 is 0. The number of rotatable bonds is 5. The summed E-state index contributed by atoms with van der Waals surface area (Å²) >= 11 is 0. The predicted molar refractivity (Wildman–Crippen MR) is 84.6 cm³/mol. The number of likely N-dealkylation sites (N-methyl/N-ethyl adjacent to an activating group) is 1. The third kappa shape index (κ3) is 3.07. The van der Waals surface area contributed by atoms with Gasteiger partial charge in [0.2, 0.25) is 5.95 Å². The van der Waals surface area contributed by atoms with E-state index < -0.39 is 0 Å². The Morgan fingerprint density at radius 2 is 2.29 bits per heavy atom. The molecule has 7 heteroatoms. The van der Waals surface area contributed by atoms with Gasteiger partial charge in [-0.1, -0.05) is 6.92 Å². The second-order valence-electron chi connectivity index (χ2n) is 5.44. The largest absolute Gasteiger partial charge is 0.365 e. The van der Waals surface area contributed by atoms with Crippen LogP contribution < -0.4 is 10.6 Å². The van der Waals surface area contributed by atoms with Crippen LogP contribution in [0.1, 0.15) is 26.7 Å². The average molecular weight is 289 g/mol. The average Bonchev–Trinajstić information content (AvgIpc) is 2.96. The number of aromatic amines is 1. The minimum absolute atomic E-state index is 0.432. The Bertz CT molecular complexity index is 594. The highest BCUT2D eigenvalue weighted by molar-refractivity contribution is 5.87. The highest BCUT2D eigenvalue weighted by atomic mass is 15.2. The zero-order valence-corrected chi connectivity index (χ0v) is 12.7. The van der Waals surface area contributed by atoms with Crippen molar-refractivity contribution in [2.75, 3.05) is 36.8 Å². The molecule has 2 aromatic heterocycles. The first-order valence-corrected chi connectivity index (χ1v) is 7.74. The number of piperidine rings is 1. The molecule has 114 valence electrons. The van der Waals surface area contributed by atoms with Crippen molar-refractivity contribution in [3.63, 3.8) is 0 Å². The number of nitrogens with zero attached hydrogens (tertiary/aromatic N) is 4. The van der Waals surface area contributed by atoms with E-state index in [0.29, 0.717) is 12.0 Å². The summed E-state index contributed by atoms with van der Waals surface area (Å²) in [6.45, 7) is 8.41. The molecule has 21 heavy (non-hydrogen) atoms. The van der Waals surface area contributed by atoms with Crippen LogP contribution in [0.15, 0.2) is 6.20 Å². The molecule has 2 aromatic rings. The standard InChI is InChI=1S/C14H23N7/c1-3-15-14-18-12(11-8-16-20-13(11)19-14)17-10-6-5-7-21(4-2)9-10/h8,10H,3-7,9H2,1-2H3,(H3,15,16,17,18,19,20). The maximum atomic E-state index is 4.60. The molecule has 1 aliphatic rings. The molecular formula is C14H23N7. The minimum Gasteiger partial charge on any atom is -0.365 e. The third-order valence-corrected chi connectivity index (χ3v) is 3.94. The van der Waals surface area contributed by atoms with E-state index in [-0.39, 0.29) is 0 Å². The summed E-state index contributed by atoms with van der Waals surface area (Å²) in [4.78, 5) is 11.5. The molecule has 0 aliphatic carbocycles. The fraction of sp³-hybridized carbons (Fsp3) is 0.643. The molecule has 1 unspecified atom stereocenters. The number of nitrogens with one attached hydrogen (secondary N) is 3. The first-order chi connectivity index (χ1) is 10.3. The lowest BCUT2D eigenvalue weighted by Gasteiger charge is -2.32. The molecule has 0 saturated carbocycles. The van der Waals surface area contributed by atoms with Gasteiger partial charge in [-0.3, -0.25) is 5.10 Å². The number of anilines is 2. The number of H-pyrrole nitrogens is 1. The first kappa shape index (κ1) is 14.1. The number of fused-ring (bicyclic) bond motifs is 1. The second kappa shape index (κ2) is 6.26. The smallest absolute Gasteiger partial charge is 0.226 e. The highest BCUT2D eigenvalue weighted by Gasteiger charge is 2.20. The monoisotopic (exact) mass is 289 g/mol. The Labute approximate surface area is 124 Å². The molecule has 3 heterocycles. The normalized spacial score (nSPS) is 19.8. The van der Waals surface area contributed by atoms with Crippen LogP contribution in [0.5, 0.6) is 0 Å². The molecule has 3 N–H and O–H groups in total. The van der Waals surface area contributed by atoms with E-state index >= 15 is 0 Å². The van der Waals surface area contributed by atoms with Crippen molar-refractivity contribution in [1.82, 2.24) is 25.1 Å². The SMILES string of the molecule is CCNc1nc(NC2CCCN(CC)C2)c2cn[nH]c2n1. The number of likely N-dealkylation sites (tertiary alicyclic amines) is 1. The van der Waals surface area contributed by atoms with Crippen molar-refractivity contribution >= 4 is 22.8 Å². The summed E-state index contributed by atoms with van der Waals surface area (Å²) in [5.74, 6) is 1.51. The van der Waals surface area contributed by atoms with Crippen LogP contribution in [0, 0.1) is 0 Å². The van der Waals surface area contributed by atoms with Gasteiger partial charge in [0.05, 0.1) is 11.6 Å². The summed E-state index contributed by atoms with van der Waals surface area (Å²) in [5, 5.41) is 14.7. The molecule has 0 bridgehead atoms. The van der Waals surface area contributed by atoms with Gasteiger partial charge in [0.1, 0.15) is 5.82 Å². The summed E-state index contributed by atoms with van der Waals surface area (Å²) in [5.41, 5.74) is 0.770. The summed E-state index contributed by atoms with van der Waals surface area (Å²) in [6.07, 6.45) is 4.19. The van der Waals surface area contributed by atoms with Crippen LogP contribution in [0.2, 0.25) is 0 Å². The fourth-order valence-corrected chi connectivity index (χ4v) is 2.84. The zero-order valence-electron chi connectivity index (χ0n) is 12.7. The number of hydrogen-bond acceptors (Lipinski definition) is 6. The Kier molecular flexibility index (Phi) is 4.19. The van der Waals surface area contributed by atoms with Crippen LogP contribution in [0.4, 0.5) is 11.8 Å². The molecular weight excluding hydrogens is 266 g/mol.